The first kappa shape index (κ1) is 66.5. The van der Waals surface area contributed by atoms with Gasteiger partial charge in [0.25, 0.3) is 0 Å². The maximum atomic E-state index is 13.3. The van der Waals surface area contributed by atoms with Crippen molar-refractivity contribution in [3.05, 3.63) is 0 Å². The van der Waals surface area contributed by atoms with Gasteiger partial charge in [0.2, 0.25) is 0 Å². The minimum Gasteiger partial charge on any atom is -0.463 e. The maximum Gasteiger partial charge on any atom is 0.407 e. The van der Waals surface area contributed by atoms with E-state index in [1.54, 1.807) is 0 Å². The van der Waals surface area contributed by atoms with Crippen molar-refractivity contribution in [2.75, 3.05) is 211 Å². The van der Waals surface area contributed by atoms with Crippen LogP contribution >= 0.6 is 0 Å². The zero-order chi connectivity index (χ0) is 52.5. The second kappa shape index (κ2) is 46.6. The molecule has 0 rings (SSSR count). The Bertz CT molecular complexity index is 1210. The summed E-state index contributed by atoms with van der Waals surface area (Å²) >= 11 is 0. The third kappa shape index (κ3) is 39.8. The number of alkyl carbamates (subject to hydrolysis) is 4. The largest absolute Gasteiger partial charge is 0.463 e. The molecule has 0 aliphatic rings. The van der Waals surface area contributed by atoms with E-state index in [2.05, 4.69) is 21.3 Å². The molecular formula is C42H82N8O21. The molecular weight excluding hydrogens is 952 g/mol. The van der Waals surface area contributed by atoms with Crippen LogP contribution in [0.15, 0.2) is 0 Å². The molecule has 0 bridgehead atoms. The highest BCUT2D eigenvalue weighted by atomic mass is 16.6. The predicted molar refractivity (Wildman–Crippen MR) is 249 cm³/mol. The number of carbonyl (C=O) groups excluding carboxylic acids is 6. The van der Waals surface area contributed by atoms with Crippen LogP contribution in [0.3, 0.4) is 0 Å². The van der Waals surface area contributed by atoms with Crippen molar-refractivity contribution >= 4 is 36.3 Å². The maximum absolute atomic E-state index is 13.3. The molecule has 0 aromatic carbocycles. The molecule has 29 nitrogen and oxygen atoms in total. The lowest BCUT2D eigenvalue weighted by atomic mass is 9.93. The van der Waals surface area contributed by atoms with Gasteiger partial charge in [-0.3, -0.25) is 9.59 Å². The van der Waals surface area contributed by atoms with E-state index in [-0.39, 0.29) is 105 Å². The van der Waals surface area contributed by atoms with Gasteiger partial charge < -0.3 is 115 Å². The van der Waals surface area contributed by atoms with Crippen LogP contribution in [0, 0.1) is 10.8 Å². The third-order valence-corrected chi connectivity index (χ3v) is 8.59. The lowest BCUT2D eigenvalue weighted by Crippen LogP contribution is -2.43. The highest BCUT2D eigenvalue weighted by Gasteiger charge is 2.40. The highest BCUT2D eigenvalue weighted by molar-refractivity contribution is 5.79. The standard InChI is InChI=1S/C42H82N8O21/c1-41(31-68-37(53)47-7-15-61-23-19-57-11-3-43,32-69-38(54)48-8-16-62-24-20-58-12-4-44)35(51)66-29-27-65-28-30-67-36(52)42(2,33-70-39(55)49-9-17-63-25-21-59-13-5-45)34-71-40(56)50-10-18-64-26-22-60-14-6-46/h3-34,43-46H2,1-2H3,(H,47,53)(H,48,54)(H,49,55)(H,50,56). The van der Waals surface area contributed by atoms with E-state index in [0.29, 0.717) is 79.0 Å². The van der Waals surface area contributed by atoms with Crippen molar-refractivity contribution in [3.63, 3.8) is 0 Å². The monoisotopic (exact) mass is 1030 g/mol. The summed E-state index contributed by atoms with van der Waals surface area (Å²) in [6.45, 7) is 6.20. The van der Waals surface area contributed by atoms with Gasteiger partial charge in [0.1, 0.15) is 50.5 Å². The molecule has 416 valence electrons. The van der Waals surface area contributed by atoms with Crippen LogP contribution in [0.4, 0.5) is 19.2 Å². The summed E-state index contributed by atoms with van der Waals surface area (Å²) < 4.78 is 79.6. The van der Waals surface area contributed by atoms with Crippen LogP contribution in [0.2, 0.25) is 0 Å². The number of amides is 4. The molecule has 0 aromatic rings. The number of esters is 2. The molecule has 0 aliphatic heterocycles. The first-order chi connectivity index (χ1) is 34.4. The summed E-state index contributed by atoms with van der Waals surface area (Å²) in [4.78, 5) is 76.4. The van der Waals surface area contributed by atoms with Crippen molar-refractivity contribution in [3.8, 4) is 0 Å². The Morgan fingerprint density at radius 3 is 0.718 bits per heavy atom. The van der Waals surface area contributed by atoms with Crippen LogP contribution in [0.1, 0.15) is 13.8 Å². The fourth-order valence-corrected chi connectivity index (χ4v) is 4.78. The minimum atomic E-state index is -1.67. The lowest BCUT2D eigenvalue weighted by molar-refractivity contribution is -0.163. The van der Waals surface area contributed by atoms with Gasteiger partial charge in [-0.05, 0) is 13.8 Å². The molecule has 29 heteroatoms. The van der Waals surface area contributed by atoms with Gasteiger partial charge in [-0.25, -0.2) is 19.2 Å². The van der Waals surface area contributed by atoms with E-state index in [0.717, 1.165) is 0 Å². The molecule has 71 heavy (non-hydrogen) atoms. The van der Waals surface area contributed by atoms with E-state index in [1.807, 2.05) is 0 Å². The van der Waals surface area contributed by atoms with E-state index >= 15 is 0 Å². The molecule has 4 amide bonds. The van der Waals surface area contributed by atoms with E-state index in [4.69, 9.17) is 94.0 Å². The quantitative estimate of drug-likeness (QED) is 0.0171. The lowest BCUT2D eigenvalue weighted by Gasteiger charge is -2.27. The Balaban J connectivity index is 5.19. The summed E-state index contributed by atoms with van der Waals surface area (Å²) in [5.74, 6) is -1.78. The van der Waals surface area contributed by atoms with Crippen molar-refractivity contribution in [1.29, 1.82) is 0 Å². The molecule has 0 saturated carbocycles. The summed E-state index contributed by atoms with van der Waals surface area (Å²) in [5, 5.41) is 9.96. The van der Waals surface area contributed by atoms with E-state index in [9.17, 15) is 28.8 Å². The Labute approximate surface area is 415 Å². The summed E-state index contributed by atoms with van der Waals surface area (Å²) in [6, 6.07) is 0. The third-order valence-electron chi connectivity index (χ3n) is 8.59. The Kier molecular flexibility index (Phi) is 43.6. The zero-order valence-corrected chi connectivity index (χ0v) is 41.5. The second-order valence-electron chi connectivity index (χ2n) is 15.1. The van der Waals surface area contributed by atoms with Gasteiger partial charge in [0.05, 0.1) is 119 Å². The van der Waals surface area contributed by atoms with Gasteiger partial charge in [-0.2, -0.15) is 0 Å². The Morgan fingerprint density at radius 2 is 0.493 bits per heavy atom. The van der Waals surface area contributed by atoms with Gasteiger partial charge >= 0.3 is 36.3 Å². The Hall–Kier alpha value is -4.50. The second-order valence-corrected chi connectivity index (χ2v) is 15.1. The molecule has 0 saturated heterocycles. The number of hydrogen-bond acceptors (Lipinski definition) is 25. The van der Waals surface area contributed by atoms with Crippen LogP contribution in [-0.4, -0.2) is 247 Å². The molecule has 0 unspecified atom stereocenters. The molecule has 0 aromatic heterocycles. The normalized spacial score (nSPS) is 11.4. The average Bonchev–Trinajstić information content (AvgIpc) is 3.36. The summed E-state index contributed by atoms with van der Waals surface area (Å²) in [6.07, 6.45) is -3.47. The van der Waals surface area contributed by atoms with E-state index < -0.39 is 73.6 Å². The van der Waals surface area contributed by atoms with Crippen LogP contribution < -0.4 is 44.2 Å². The molecule has 0 fully saturated rings. The van der Waals surface area contributed by atoms with Crippen molar-refractivity contribution < 1.29 is 99.8 Å². The minimum absolute atomic E-state index is 0.0905. The molecule has 0 spiro atoms. The van der Waals surface area contributed by atoms with Crippen molar-refractivity contribution in [1.82, 2.24) is 21.3 Å². The van der Waals surface area contributed by atoms with Gasteiger partial charge in [0.15, 0.2) is 0 Å². The van der Waals surface area contributed by atoms with Gasteiger partial charge in [-0.15, -0.1) is 0 Å². The number of rotatable bonds is 48. The van der Waals surface area contributed by atoms with Crippen LogP contribution in [0.25, 0.3) is 0 Å². The fraction of sp³-hybridized carbons (Fsp3) is 0.857. The van der Waals surface area contributed by atoms with Crippen LogP contribution in [0.5, 0.6) is 0 Å². The molecule has 0 aliphatic carbocycles. The first-order valence-electron chi connectivity index (χ1n) is 23.3. The fourth-order valence-electron chi connectivity index (χ4n) is 4.78. The molecule has 0 heterocycles. The summed E-state index contributed by atoms with van der Waals surface area (Å²) in [7, 11) is 0. The summed E-state index contributed by atoms with van der Waals surface area (Å²) in [5.41, 5.74) is 18.1. The van der Waals surface area contributed by atoms with Gasteiger partial charge in [0, 0.05) is 52.4 Å². The SMILES string of the molecule is CC(COC(=O)NCCOCCOCCN)(COC(=O)NCCOCCOCCN)C(=O)OCCOCCOC(=O)C(C)(COC(=O)NCCOCCOCCN)COC(=O)NCCOCCOCCN. The molecule has 0 radical (unpaired) electrons. The van der Waals surface area contributed by atoms with Gasteiger partial charge in [-0.1, -0.05) is 0 Å². The average molecular weight is 1040 g/mol. The smallest absolute Gasteiger partial charge is 0.407 e. The topological polar surface area (TPSA) is 393 Å². The molecule has 0 atom stereocenters. The number of nitrogens with two attached hydrogens (primary N) is 4. The highest BCUT2D eigenvalue weighted by Crippen LogP contribution is 2.22. The zero-order valence-electron chi connectivity index (χ0n) is 41.5. The number of hydrogen-bond donors (Lipinski definition) is 8. The van der Waals surface area contributed by atoms with Crippen LogP contribution in [-0.2, 0) is 80.6 Å². The first-order valence-corrected chi connectivity index (χ1v) is 23.3. The molecule has 12 N–H and O–H groups in total. The number of ether oxygens (including phenoxy) is 15. The van der Waals surface area contributed by atoms with Crippen molar-refractivity contribution in [2.45, 2.75) is 13.8 Å². The van der Waals surface area contributed by atoms with Crippen molar-refractivity contribution in [2.24, 2.45) is 33.8 Å². The Morgan fingerprint density at radius 1 is 0.296 bits per heavy atom. The number of carbonyl (C=O) groups is 6. The number of nitrogens with one attached hydrogen (secondary N) is 4. The predicted octanol–water partition coefficient (Wildman–Crippen LogP) is -3.03. The van der Waals surface area contributed by atoms with E-state index in [1.165, 1.54) is 13.8 Å².